The maximum absolute atomic E-state index is 11.6. The Morgan fingerprint density at radius 2 is 2.00 bits per heavy atom. The molecule has 1 heterocycles. The minimum Gasteiger partial charge on any atom is -0.397 e. The summed E-state index contributed by atoms with van der Waals surface area (Å²) >= 11 is 1.57. The van der Waals surface area contributed by atoms with Gasteiger partial charge in [-0.3, -0.25) is 4.79 Å². The van der Waals surface area contributed by atoms with Crippen molar-refractivity contribution in [2.75, 3.05) is 23.7 Å². The molecule has 0 saturated heterocycles. The van der Waals surface area contributed by atoms with Gasteiger partial charge in [-0.15, -0.1) is 11.3 Å². The van der Waals surface area contributed by atoms with Gasteiger partial charge in [-0.25, -0.2) is 0 Å². The molecule has 1 aromatic heterocycles. The topological polar surface area (TPSA) is 46.3 Å². The predicted molar refractivity (Wildman–Crippen MR) is 74.3 cm³/mol. The predicted octanol–water partition coefficient (Wildman–Crippen LogP) is 3.26. The summed E-state index contributed by atoms with van der Waals surface area (Å²) in [4.78, 5) is 14.6. The summed E-state index contributed by atoms with van der Waals surface area (Å²) in [6, 6.07) is 0. The van der Waals surface area contributed by atoms with Crippen molar-refractivity contribution in [3.8, 4) is 0 Å². The van der Waals surface area contributed by atoms with Crippen molar-refractivity contribution in [2.45, 2.75) is 39.5 Å². The van der Waals surface area contributed by atoms with E-state index in [4.69, 9.17) is 5.73 Å². The molecule has 1 saturated carbocycles. The first kappa shape index (κ1) is 12.4. The van der Waals surface area contributed by atoms with Crippen molar-refractivity contribution in [1.82, 2.24) is 0 Å². The number of hydrogen-bond donors (Lipinski definition) is 1. The van der Waals surface area contributed by atoms with Gasteiger partial charge < -0.3 is 10.6 Å². The molecule has 0 radical (unpaired) electrons. The van der Waals surface area contributed by atoms with Gasteiger partial charge in [0.15, 0.2) is 5.78 Å². The van der Waals surface area contributed by atoms with Crippen LogP contribution in [0.1, 0.15) is 54.8 Å². The first-order valence-electron chi connectivity index (χ1n) is 6.28. The minimum absolute atomic E-state index is 0.0906. The van der Waals surface area contributed by atoms with Crippen LogP contribution in [0.2, 0.25) is 0 Å². The van der Waals surface area contributed by atoms with E-state index >= 15 is 0 Å². The molecule has 0 bridgehead atoms. The molecule has 0 amide bonds. The zero-order valence-corrected chi connectivity index (χ0v) is 11.6. The van der Waals surface area contributed by atoms with Gasteiger partial charge in [0.1, 0.15) is 0 Å². The summed E-state index contributed by atoms with van der Waals surface area (Å²) in [6.07, 6.45) is 2.43. The van der Waals surface area contributed by atoms with E-state index in [1.165, 1.54) is 23.4 Å². The van der Waals surface area contributed by atoms with Crippen LogP contribution in [0.4, 0.5) is 10.7 Å². The summed E-state index contributed by atoms with van der Waals surface area (Å²) in [5.41, 5.74) is 8.14. The number of ketones is 1. The first-order chi connectivity index (χ1) is 8.10. The normalized spacial score (nSPS) is 15.0. The van der Waals surface area contributed by atoms with E-state index in [-0.39, 0.29) is 5.78 Å². The molecule has 0 unspecified atom stereocenters. The lowest BCUT2D eigenvalue weighted by Crippen LogP contribution is -2.21. The van der Waals surface area contributed by atoms with E-state index in [0.717, 1.165) is 23.7 Å². The van der Waals surface area contributed by atoms with Gasteiger partial charge in [0.25, 0.3) is 0 Å². The van der Waals surface area contributed by atoms with E-state index in [1.807, 2.05) is 0 Å². The van der Waals surface area contributed by atoms with Gasteiger partial charge in [0.05, 0.1) is 15.6 Å². The van der Waals surface area contributed by atoms with Crippen molar-refractivity contribution in [3.05, 3.63) is 10.4 Å². The highest BCUT2D eigenvalue weighted by atomic mass is 32.1. The lowest BCUT2D eigenvalue weighted by atomic mass is 10.1. The lowest BCUT2D eigenvalue weighted by Gasteiger charge is -2.20. The SMILES string of the molecule is CCN(CC)c1sc(C(C)=O)c(N)c1C1CC1. The number of nitrogens with zero attached hydrogens (tertiary/aromatic N) is 1. The largest absolute Gasteiger partial charge is 0.397 e. The van der Waals surface area contributed by atoms with Crippen LogP contribution in [0.25, 0.3) is 0 Å². The van der Waals surface area contributed by atoms with E-state index in [1.54, 1.807) is 18.3 Å². The fourth-order valence-electron chi connectivity index (χ4n) is 2.22. The molecular formula is C13H20N2OS. The molecule has 1 aliphatic carbocycles. The lowest BCUT2D eigenvalue weighted by molar-refractivity contribution is 0.102. The minimum atomic E-state index is 0.0906. The van der Waals surface area contributed by atoms with Gasteiger partial charge in [-0.2, -0.15) is 0 Å². The Hall–Kier alpha value is -1.03. The molecule has 2 N–H and O–H groups in total. The molecule has 1 aliphatic rings. The molecule has 3 nitrogen and oxygen atoms in total. The van der Waals surface area contributed by atoms with Gasteiger partial charge >= 0.3 is 0 Å². The highest BCUT2D eigenvalue weighted by Gasteiger charge is 2.33. The van der Waals surface area contributed by atoms with Crippen LogP contribution < -0.4 is 10.6 Å². The quantitative estimate of drug-likeness (QED) is 0.818. The summed E-state index contributed by atoms with van der Waals surface area (Å²) in [6.45, 7) is 7.82. The number of nitrogens with two attached hydrogens (primary N) is 1. The molecule has 0 spiro atoms. The molecule has 2 rings (SSSR count). The van der Waals surface area contributed by atoms with Crippen LogP contribution in [0, 0.1) is 0 Å². The second-order valence-corrected chi connectivity index (χ2v) is 5.57. The van der Waals surface area contributed by atoms with Crippen LogP contribution in [-0.4, -0.2) is 18.9 Å². The second-order valence-electron chi connectivity index (χ2n) is 4.57. The van der Waals surface area contributed by atoms with Crippen molar-refractivity contribution in [1.29, 1.82) is 0 Å². The van der Waals surface area contributed by atoms with Crippen LogP contribution in [-0.2, 0) is 0 Å². The third-order valence-electron chi connectivity index (χ3n) is 3.32. The summed E-state index contributed by atoms with van der Waals surface area (Å²) in [5, 5.41) is 1.22. The van der Waals surface area contributed by atoms with Crippen LogP contribution in [0.3, 0.4) is 0 Å². The molecule has 1 aromatic rings. The van der Waals surface area contributed by atoms with Gasteiger partial charge in [-0.1, -0.05) is 0 Å². The van der Waals surface area contributed by atoms with Crippen molar-refractivity contribution >= 4 is 27.8 Å². The van der Waals surface area contributed by atoms with E-state index in [9.17, 15) is 4.79 Å². The number of anilines is 2. The maximum Gasteiger partial charge on any atom is 0.171 e. The van der Waals surface area contributed by atoms with Gasteiger partial charge in [0.2, 0.25) is 0 Å². The van der Waals surface area contributed by atoms with Gasteiger partial charge in [-0.05, 0) is 32.6 Å². The summed E-state index contributed by atoms with van der Waals surface area (Å²) < 4.78 is 0. The zero-order chi connectivity index (χ0) is 12.6. The molecule has 4 heteroatoms. The Balaban J connectivity index is 2.49. The van der Waals surface area contributed by atoms with E-state index in [0.29, 0.717) is 5.92 Å². The van der Waals surface area contributed by atoms with E-state index in [2.05, 4.69) is 18.7 Å². The standard InChI is InChI=1S/C13H20N2OS/c1-4-15(5-2)13-10(9-6-7-9)11(14)12(17-13)8(3)16/h9H,4-7,14H2,1-3H3. The zero-order valence-electron chi connectivity index (χ0n) is 10.7. The fraction of sp³-hybridized carbons (Fsp3) is 0.615. The van der Waals surface area contributed by atoms with Crippen molar-refractivity contribution in [3.63, 3.8) is 0 Å². The Kier molecular flexibility index (Phi) is 3.43. The third-order valence-corrected chi connectivity index (χ3v) is 4.70. The summed E-state index contributed by atoms with van der Waals surface area (Å²) in [7, 11) is 0. The molecular weight excluding hydrogens is 232 g/mol. The smallest absolute Gasteiger partial charge is 0.171 e. The Morgan fingerprint density at radius 3 is 2.41 bits per heavy atom. The molecule has 17 heavy (non-hydrogen) atoms. The van der Waals surface area contributed by atoms with Gasteiger partial charge in [0, 0.05) is 25.6 Å². The molecule has 0 aliphatic heterocycles. The summed E-state index contributed by atoms with van der Waals surface area (Å²) in [5.74, 6) is 0.683. The molecule has 1 fully saturated rings. The second kappa shape index (κ2) is 4.69. The average molecular weight is 252 g/mol. The molecule has 0 aromatic carbocycles. The monoisotopic (exact) mass is 252 g/mol. The van der Waals surface area contributed by atoms with Crippen molar-refractivity contribution in [2.24, 2.45) is 0 Å². The first-order valence-corrected chi connectivity index (χ1v) is 7.09. The van der Waals surface area contributed by atoms with Crippen LogP contribution in [0.15, 0.2) is 0 Å². The molecule has 94 valence electrons. The fourth-order valence-corrected chi connectivity index (χ4v) is 3.55. The number of carbonyl (C=O) groups excluding carboxylic acids is 1. The number of hydrogen-bond acceptors (Lipinski definition) is 4. The number of Topliss-reactive ketones (excluding diaryl/α,β-unsaturated/α-hetero) is 1. The van der Waals surface area contributed by atoms with E-state index < -0.39 is 0 Å². The Morgan fingerprint density at radius 1 is 1.41 bits per heavy atom. The number of thiophene rings is 1. The number of carbonyl (C=O) groups is 1. The highest BCUT2D eigenvalue weighted by Crippen LogP contribution is 2.51. The maximum atomic E-state index is 11.6. The number of nitrogen functional groups attached to an aromatic ring is 1. The third kappa shape index (κ3) is 2.18. The van der Waals surface area contributed by atoms with Crippen LogP contribution in [0.5, 0.6) is 0 Å². The highest BCUT2D eigenvalue weighted by molar-refractivity contribution is 7.18. The van der Waals surface area contributed by atoms with Crippen LogP contribution >= 0.6 is 11.3 Å². The van der Waals surface area contributed by atoms with Crippen molar-refractivity contribution < 1.29 is 4.79 Å². The Bertz CT molecular complexity index is 431. The molecule has 0 atom stereocenters. The average Bonchev–Trinajstić information content (AvgIpc) is 3.05. The number of rotatable bonds is 5. The Labute approximate surface area is 107 Å².